The second-order valence-electron chi connectivity index (χ2n) is 2.93. The maximum Gasteiger partial charge on any atom is 0.258 e. The van der Waals surface area contributed by atoms with E-state index in [-0.39, 0.29) is 12.3 Å². The third-order valence-corrected chi connectivity index (χ3v) is 3.46. The molecule has 2 rings (SSSR count). The van der Waals surface area contributed by atoms with Crippen LogP contribution in [0.5, 0.6) is 0 Å². The molecular weight excluding hydrogens is 188 g/mol. The lowest BCUT2D eigenvalue weighted by Crippen LogP contribution is -2.16. The minimum Gasteiger partial charge on any atom is -0.272 e. The molecule has 1 atom stereocenters. The van der Waals surface area contributed by atoms with Crippen LogP contribution >= 0.6 is 0 Å². The van der Waals surface area contributed by atoms with Gasteiger partial charge in [-0.15, -0.1) is 0 Å². The summed E-state index contributed by atoms with van der Waals surface area (Å²) in [5.41, 5.74) is 0.731. The Morgan fingerprint density at radius 2 is 2.31 bits per heavy atom. The van der Waals surface area contributed by atoms with Gasteiger partial charge in [0.05, 0.1) is 16.1 Å². The molecule has 1 aromatic rings. The zero-order chi connectivity index (χ0) is 9.47. The molecule has 0 saturated carbocycles. The molecule has 0 aromatic carbocycles. The first-order valence-corrected chi connectivity index (χ1v) is 5.71. The van der Waals surface area contributed by atoms with Crippen LogP contribution in [0, 0.1) is 0 Å². The predicted molar refractivity (Wildman–Crippen MR) is 47.7 cm³/mol. The van der Waals surface area contributed by atoms with Crippen molar-refractivity contribution in [1.29, 1.82) is 0 Å². The highest BCUT2D eigenvalue weighted by molar-refractivity contribution is 7.93. The molecule has 1 unspecified atom stereocenters. The van der Waals surface area contributed by atoms with E-state index in [2.05, 4.69) is 9.35 Å². The fourth-order valence-electron chi connectivity index (χ4n) is 1.33. The van der Waals surface area contributed by atoms with Crippen LogP contribution in [0.2, 0.25) is 0 Å². The van der Waals surface area contributed by atoms with Crippen molar-refractivity contribution < 1.29 is 9.00 Å². The van der Waals surface area contributed by atoms with E-state index in [1.807, 2.05) is 0 Å². The quantitative estimate of drug-likeness (QED) is 0.611. The van der Waals surface area contributed by atoms with E-state index in [1.54, 1.807) is 18.3 Å². The van der Waals surface area contributed by atoms with Gasteiger partial charge in [0.2, 0.25) is 0 Å². The molecule has 0 radical (unpaired) electrons. The van der Waals surface area contributed by atoms with E-state index in [0.717, 1.165) is 5.56 Å². The zero-order valence-electron chi connectivity index (χ0n) is 7.06. The van der Waals surface area contributed by atoms with Gasteiger partial charge in [-0.25, -0.2) is 9.19 Å². The third-order valence-electron chi connectivity index (χ3n) is 1.83. The fraction of sp³-hybridized carbons (Fsp3) is 0.250. The molecule has 0 spiro atoms. The first kappa shape index (κ1) is 8.37. The van der Waals surface area contributed by atoms with Gasteiger partial charge in [0.1, 0.15) is 5.03 Å². The maximum absolute atomic E-state index is 11.8. The topological polar surface area (TPSA) is 59.4 Å². The standard InChI is InChI=1S/C8H8N2O2S/c1-13(12)8-6(3-2-4-9-8)5-7(11)10-13/h2-4H,5H2,1H3. The average molecular weight is 196 g/mol. The largest absolute Gasteiger partial charge is 0.272 e. The van der Waals surface area contributed by atoms with Gasteiger partial charge in [-0.3, -0.25) is 4.79 Å². The summed E-state index contributed by atoms with van der Waals surface area (Å²) in [4.78, 5) is 15.1. The van der Waals surface area contributed by atoms with Crippen molar-refractivity contribution in [2.24, 2.45) is 4.36 Å². The monoisotopic (exact) mass is 196 g/mol. The van der Waals surface area contributed by atoms with E-state index in [1.165, 1.54) is 6.26 Å². The Hall–Kier alpha value is -1.23. The van der Waals surface area contributed by atoms with Crippen molar-refractivity contribution in [2.75, 3.05) is 6.26 Å². The molecule has 0 bridgehead atoms. The number of amides is 1. The van der Waals surface area contributed by atoms with Crippen molar-refractivity contribution in [3.8, 4) is 0 Å². The van der Waals surface area contributed by atoms with Crippen molar-refractivity contribution in [3.63, 3.8) is 0 Å². The Morgan fingerprint density at radius 3 is 3.08 bits per heavy atom. The average Bonchev–Trinajstić information content (AvgIpc) is 2.02. The number of carbonyl (C=O) groups is 1. The normalized spacial score (nSPS) is 26.4. The number of pyridine rings is 1. The van der Waals surface area contributed by atoms with Crippen LogP contribution < -0.4 is 0 Å². The van der Waals surface area contributed by atoms with Crippen molar-refractivity contribution >= 4 is 15.6 Å². The van der Waals surface area contributed by atoms with E-state index in [4.69, 9.17) is 0 Å². The Labute approximate surface area is 76.2 Å². The van der Waals surface area contributed by atoms with Crippen LogP contribution in [0.3, 0.4) is 0 Å². The first-order valence-electron chi connectivity index (χ1n) is 3.78. The number of nitrogens with zero attached hydrogens (tertiary/aromatic N) is 2. The Balaban J connectivity index is 2.77. The molecule has 0 saturated heterocycles. The molecule has 0 N–H and O–H groups in total. The van der Waals surface area contributed by atoms with Crippen LogP contribution in [0.15, 0.2) is 27.7 Å². The number of aromatic nitrogens is 1. The van der Waals surface area contributed by atoms with Crippen molar-refractivity contribution in [2.45, 2.75) is 11.4 Å². The maximum atomic E-state index is 11.8. The van der Waals surface area contributed by atoms with Gasteiger partial charge in [0, 0.05) is 12.5 Å². The van der Waals surface area contributed by atoms with E-state index in [0.29, 0.717) is 5.03 Å². The fourth-order valence-corrected chi connectivity index (χ4v) is 2.76. The molecular formula is C8H8N2O2S. The van der Waals surface area contributed by atoms with E-state index in [9.17, 15) is 9.00 Å². The number of hydrogen-bond donors (Lipinski definition) is 0. The molecule has 1 aliphatic heterocycles. The van der Waals surface area contributed by atoms with Crippen LogP contribution in [-0.2, 0) is 20.9 Å². The van der Waals surface area contributed by atoms with E-state index >= 15 is 0 Å². The van der Waals surface area contributed by atoms with E-state index < -0.39 is 9.73 Å². The van der Waals surface area contributed by atoms with Gasteiger partial charge in [0.15, 0.2) is 0 Å². The third kappa shape index (κ3) is 1.35. The van der Waals surface area contributed by atoms with Crippen LogP contribution in [-0.4, -0.2) is 21.4 Å². The summed E-state index contributed by atoms with van der Waals surface area (Å²) >= 11 is 0. The molecule has 0 aliphatic carbocycles. The smallest absolute Gasteiger partial charge is 0.258 e. The highest BCUT2D eigenvalue weighted by Gasteiger charge is 2.21. The molecule has 1 amide bonds. The SMILES string of the molecule is CS1(=O)=NC(=O)Cc2cccnc21. The zero-order valence-corrected chi connectivity index (χ0v) is 7.87. The summed E-state index contributed by atoms with van der Waals surface area (Å²) in [5, 5.41) is 0.453. The predicted octanol–water partition coefficient (Wildman–Crippen LogP) is 0.621. The number of fused-ring (bicyclic) bond motifs is 1. The van der Waals surface area contributed by atoms with Crippen molar-refractivity contribution in [1.82, 2.24) is 4.98 Å². The lowest BCUT2D eigenvalue weighted by atomic mass is 10.2. The summed E-state index contributed by atoms with van der Waals surface area (Å²) in [6, 6.07) is 3.49. The van der Waals surface area contributed by atoms with Gasteiger partial charge < -0.3 is 0 Å². The Morgan fingerprint density at radius 1 is 1.54 bits per heavy atom. The summed E-state index contributed by atoms with van der Waals surface area (Å²) in [6.45, 7) is 0. The summed E-state index contributed by atoms with van der Waals surface area (Å²) in [7, 11) is -2.58. The lowest BCUT2D eigenvalue weighted by Gasteiger charge is -2.12. The summed E-state index contributed by atoms with van der Waals surface area (Å²) in [5.74, 6) is -0.326. The van der Waals surface area contributed by atoms with Gasteiger partial charge in [-0.2, -0.15) is 4.36 Å². The van der Waals surface area contributed by atoms with Gasteiger partial charge in [-0.1, -0.05) is 6.07 Å². The van der Waals surface area contributed by atoms with Crippen LogP contribution in [0.4, 0.5) is 0 Å². The first-order chi connectivity index (χ1) is 6.09. The number of rotatable bonds is 0. The summed E-state index contributed by atoms with van der Waals surface area (Å²) in [6.07, 6.45) is 3.22. The minimum atomic E-state index is -2.58. The molecule has 13 heavy (non-hydrogen) atoms. The number of carbonyl (C=O) groups excluding carboxylic acids is 1. The minimum absolute atomic E-state index is 0.216. The Bertz CT molecular complexity index is 487. The second-order valence-corrected chi connectivity index (χ2v) is 5.11. The highest BCUT2D eigenvalue weighted by Crippen LogP contribution is 2.19. The lowest BCUT2D eigenvalue weighted by molar-refractivity contribution is -0.117. The molecule has 4 nitrogen and oxygen atoms in total. The highest BCUT2D eigenvalue weighted by atomic mass is 32.2. The van der Waals surface area contributed by atoms with Gasteiger partial charge in [-0.05, 0) is 11.6 Å². The summed E-state index contributed by atoms with van der Waals surface area (Å²) < 4.78 is 15.4. The molecule has 68 valence electrons. The second kappa shape index (κ2) is 2.63. The molecule has 5 heteroatoms. The molecule has 0 fully saturated rings. The molecule has 2 heterocycles. The van der Waals surface area contributed by atoms with Crippen LogP contribution in [0.1, 0.15) is 5.56 Å². The number of hydrogen-bond acceptors (Lipinski definition) is 3. The van der Waals surface area contributed by atoms with Crippen molar-refractivity contribution in [3.05, 3.63) is 23.9 Å². The molecule has 1 aromatic heterocycles. The molecule has 1 aliphatic rings. The Kier molecular flexibility index (Phi) is 1.69. The van der Waals surface area contributed by atoms with Crippen LogP contribution in [0.25, 0.3) is 0 Å². The van der Waals surface area contributed by atoms with Gasteiger partial charge in [0.25, 0.3) is 5.91 Å². The van der Waals surface area contributed by atoms with Gasteiger partial charge >= 0.3 is 0 Å².